The van der Waals surface area contributed by atoms with Gasteiger partial charge in [0.2, 0.25) is 0 Å². The summed E-state index contributed by atoms with van der Waals surface area (Å²) in [5.74, 6) is 0.402. The van der Waals surface area contributed by atoms with E-state index in [1.54, 1.807) is 12.3 Å². The fraction of sp³-hybridized carbons (Fsp3) is 0.286. The molecule has 19 heavy (non-hydrogen) atoms. The van der Waals surface area contributed by atoms with Gasteiger partial charge in [0.25, 0.3) is 5.91 Å². The molecule has 0 unspecified atom stereocenters. The molecule has 2 rings (SSSR count). The third kappa shape index (κ3) is 3.23. The van der Waals surface area contributed by atoms with Crippen LogP contribution in [0.3, 0.4) is 0 Å². The lowest BCUT2D eigenvalue weighted by Gasteiger charge is -2.12. The lowest BCUT2D eigenvalue weighted by molar-refractivity contribution is 0.101. The predicted octanol–water partition coefficient (Wildman–Crippen LogP) is 3.79. The SMILES string of the molecule is Cc1ccc(NC(=O)c2cc(Br)cn2C(C)C)nc1. The maximum atomic E-state index is 12.2. The molecule has 5 heteroatoms. The van der Waals surface area contributed by atoms with E-state index in [-0.39, 0.29) is 11.9 Å². The Balaban J connectivity index is 2.22. The normalized spacial score (nSPS) is 10.8. The number of aromatic nitrogens is 2. The van der Waals surface area contributed by atoms with Gasteiger partial charge in [-0.2, -0.15) is 0 Å². The number of aryl methyl sites for hydroxylation is 1. The summed E-state index contributed by atoms with van der Waals surface area (Å²) in [6.07, 6.45) is 3.63. The van der Waals surface area contributed by atoms with E-state index in [9.17, 15) is 4.79 Å². The van der Waals surface area contributed by atoms with Gasteiger partial charge in [0.05, 0.1) is 0 Å². The zero-order chi connectivity index (χ0) is 14.0. The number of pyridine rings is 1. The van der Waals surface area contributed by atoms with E-state index in [2.05, 4.69) is 26.2 Å². The van der Waals surface area contributed by atoms with Crippen LogP contribution in [0.2, 0.25) is 0 Å². The van der Waals surface area contributed by atoms with Gasteiger partial charge in [0.15, 0.2) is 0 Å². The summed E-state index contributed by atoms with van der Waals surface area (Å²) in [7, 11) is 0. The molecule has 100 valence electrons. The molecular weight excluding hydrogens is 306 g/mol. The molecule has 0 aliphatic rings. The van der Waals surface area contributed by atoms with Gasteiger partial charge >= 0.3 is 0 Å². The topological polar surface area (TPSA) is 46.9 Å². The number of anilines is 1. The zero-order valence-electron chi connectivity index (χ0n) is 11.1. The number of nitrogens with one attached hydrogen (secondary N) is 1. The molecule has 2 heterocycles. The molecule has 0 saturated carbocycles. The number of carbonyl (C=O) groups excluding carboxylic acids is 1. The van der Waals surface area contributed by atoms with Crippen LogP contribution >= 0.6 is 15.9 Å². The van der Waals surface area contributed by atoms with Crippen molar-refractivity contribution in [1.29, 1.82) is 0 Å². The maximum absolute atomic E-state index is 12.2. The Labute approximate surface area is 121 Å². The van der Waals surface area contributed by atoms with Crippen molar-refractivity contribution in [2.75, 3.05) is 5.32 Å². The molecular formula is C14H16BrN3O. The second kappa shape index (κ2) is 5.57. The highest BCUT2D eigenvalue weighted by Gasteiger charge is 2.15. The number of rotatable bonds is 3. The molecule has 0 saturated heterocycles. The van der Waals surface area contributed by atoms with Crippen LogP contribution in [-0.2, 0) is 0 Å². The Morgan fingerprint density at radius 2 is 2.16 bits per heavy atom. The summed E-state index contributed by atoms with van der Waals surface area (Å²) in [5, 5.41) is 2.80. The zero-order valence-corrected chi connectivity index (χ0v) is 12.7. The first-order chi connectivity index (χ1) is 8.97. The van der Waals surface area contributed by atoms with E-state index in [0.29, 0.717) is 11.5 Å². The number of amides is 1. The van der Waals surface area contributed by atoms with Gasteiger partial charge in [-0.05, 0) is 54.4 Å². The quantitative estimate of drug-likeness (QED) is 0.934. The number of carbonyl (C=O) groups is 1. The first-order valence-corrected chi connectivity index (χ1v) is 6.88. The molecule has 0 fully saturated rings. The van der Waals surface area contributed by atoms with E-state index >= 15 is 0 Å². The van der Waals surface area contributed by atoms with Crippen LogP contribution in [0.1, 0.15) is 35.9 Å². The van der Waals surface area contributed by atoms with Crippen molar-refractivity contribution in [2.45, 2.75) is 26.8 Å². The molecule has 0 bridgehead atoms. The monoisotopic (exact) mass is 321 g/mol. The second-order valence-electron chi connectivity index (χ2n) is 4.72. The van der Waals surface area contributed by atoms with Crippen LogP contribution in [0, 0.1) is 6.92 Å². The highest BCUT2D eigenvalue weighted by Crippen LogP contribution is 2.20. The van der Waals surface area contributed by atoms with Gasteiger partial charge in [-0.3, -0.25) is 4.79 Å². The molecule has 4 nitrogen and oxygen atoms in total. The number of hydrogen-bond donors (Lipinski definition) is 1. The van der Waals surface area contributed by atoms with Crippen molar-refractivity contribution in [1.82, 2.24) is 9.55 Å². The van der Waals surface area contributed by atoms with Gasteiger partial charge in [0, 0.05) is 22.9 Å². The van der Waals surface area contributed by atoms with Crippen LogP contribution in [0.5, 0.6) is 0 Å². The molecule has 1 N–H and O–H groups in total. The van der Waals surface area contributed by atoms with Crippen LogP contribution in [0.15, 0.2) is 35.1 Å². The number of hydrogen-bond acceptors (Lipinski definition) is 2. The Morgan fingerprint density at radius 1 is 1.42 bits per heavy atom. The summed E-state index contributed by atoms with van der Waals surface area (Å²) < 4.78 is 2.82. The summed E-state index contributed by atoms with van der Waals surface area (Å²) in [4.78, 5) is 16.4. The Morgan fingerprint density at radius 3 is 2.74 bits per heavy atom. The number of nitrogens with zero attached hydrogens (tertiary/aromatic N) is 2. The van der Waals surface area contributed by atoms with Crippen molar-refractivity contribution in [3.8, 4) is 0 Å². The first-order valence-electron chi connectivity index (χ1n) is 6.09. The molecule has 0 aliphatic carbocycles. The van der Waals surface area contributed by atoms with Crippen molar-refractivity contribution < 1.29 is 4.79 Å². The van der Waals surface area contributed by atoms with E-state index in [1.165, 1.54) is 0 Å². The Bertz CT molecular complexity index is 587. The average Bonchev–Trinajstić information content (AvgIpc) is 2.74. The minimum atomic E-state index is -0.157. The molecule has 2 aromatic rings. The first kappa shape index (κ1) is 13.8. The van der Waals surface area contributed by atoms with Gasteiger partial charge in [-0.15, -0.1) is 0 Å². The average molecular weight is 322 g/mol. The van der Waals surface area contributed by atoms with Crippen LogP contribution in [0.4, 0.5) is 5.82 Å². The number of halogens is 1. The van der Waals surface area contributed by atoms with E-state index in [0.717, 1.165) is 10.0 Å². The van der Waals surface area contributed by atoms with Crippen LogP contribution in [0.25, 0.3) is 0 Å². The molecule has 2 aromatic heterocycles. The molecule has 1 amide bonds. The molecule has 0 aliphatic heterocycles. The molecule has 0 spiro atoms. The van der Waals surface area contributed by atoms with Crippen LogP contribution < -0.4 is 5.32 Å². The van der Waals surface area contributed by atoms with E-state index in [4.69, 9.17) is 0 Å². The highest BCUT2D eigenvalue weighted by molar-refractivity contribution is 9.10. The van der Waals surface area contributed by atoms with Crippen molar-refractivity contribution in [3.05, 3.63) is 46.3 Å². The summed E-state index contributed by atoms with van der Waals surface area (Å²) >= 11 is 3.40. The lowest BCUT2D eigenvalue weighted by atomic mass is 10.3. The summed E-state index contributed by atoms with van der Waals surface area (Å²) in [6, 6.07) is 5.74. The van der Waals surface area contributed by atoms with Crippen molar-refractivity contribution in [3.63, 3.8) is 0 Å². The predicted molar refractivity (Wildman–Crippen MR) is 79.4 cm³/mol. The summed E-state index contributed by atoms with van der Waals surface area (Å²) in [5.41, 5.74) is 1.68. The molecule has 0 radical (unpaired) electrons. The third-order valence-electron chi connectivity index (χ3n) is 2.76. The van der Waals surface area contributed by atoms with Crippen LogP contribution in [-0.4, -0.2) is 15.5 Å². The minimum absolute atomic E-state index is 0.157. The Kier molecular flexibility index (Phi) is 4.04. The van der Waals surface area contributed by atoms with E-state index < -0.39 is 0 Å². The van der Waals surface area contributed by atoms with Gasteiger partial charge < -0.3 is 9.88 Å². The summed E-state index contributed by atoms with van der Waals surface area (Å²) in [6.45, 7) is 6.03. The molecule has 0 aromatic carbocycles. The standard InChI is InChI=1S/C14H16BrN3O/c1-9(2)18-8-11(15)6-12(18)14(19)17-13-5-4-10(3)7-16-13/h4-9H,1-3H3,(H,16,17,19). The smallest absolute Gasteiger partial charge is 0.273 e. The Hall–Kier alpha value is -1.62. The van der Waals surface area contributed by atoms with Gasteiger partial charge in [-0.1, -0.05) is 6.07 Å². The fourth-order valence-corrected chi connectivity index (χ4v) is 2.21. The van der Waals surface area contributed by atoms with Gasteiger partial charge in [0.1, 0.15) is 11.5 Å². The minimum Gasteiger partial charge on any atom is -0.340 e. The second-order valence-corrected chi connectivity index (χ2v) is 5.64. The van der Waals surface area contributed by atoms with E-state index in [1.807, 2.05) is 43.7 Å². The lowest BCUT2D eigenvalue weighted by Crippen LogP contribution is -2.18. The van der Waals surface area contributed by atoms with Crippen molar-refractivity contribution in [2.24, 2.45) is 0 Å². The van der Waals surface area contributed by atoms with Crippen molar-refractivity contribution >= 4 is 27.7 Å². The fourth-order valence-electron chi connectivity index (χ4n) is 1.78. The highest BCUT2D eigenvalue weighted by atomic mass is 79.9. The molecule has 0 atom stereocenters. The largest absolute Gasteiger partial charge is 0.340 e. The third-order valence-corrected chi connectivity index (χ3v) is 3.19. The maximum Gasteiger partial charge on any atom is 0.273 e. The van der Waals surface area contributed by atoms with Gasteiger partial charge in [-0.25, -0.2) is 4.98 Å².